The molecule has 1 atom stereocenters. The predicted molar refractivity (Wildman–Crippen MR) is 71.0 cm³/mol. The van der Waals surface area contributed by atoms with E-state index in [0.29, 0.717) is 6.04 Å². The quantitative estimate of drug-likeness (QED) is 0.704. The summed E-state index contributed by atoms with van der Waals surface area (Å²) in [5.41, 5.74) is 0. The first kappa shape index (κ1) is 11.8. The average Bonchev–Trinajstić information content (AvgIpc) is 2.85. The summed E-state index contributed by atoms with van der Waals surface area (Å²) in [6, 6.07) is 4.97. The molecule has 1 saturated heterocycles. The maximum Gasteiger partial charge on any atom is 0.222 e. The van der Waals surface area contributed by atoms with Crippen LogP contribution >= 0.6 is 0 Å². The Hall–Kier alpha value is -0.695. The number of aromatic nitrogens is 1. The minimum atomic E-state index is 0.698. The molecular formula is C13H23BN2. The third-order valence-electron chi connectivity index (χ3n) is 3.94. The lowest BCUT2D eigenvalue weighted by Gasteiger charge is -2.37. The van der Waals surface area contributed by atoms with E-state index in [-0.39, 0.29) is 0 Å². The van der Waals surface area contributed by atoms with Crippen molar-refractivity contribution in [2.75, 3.05) is 13.1 Å². The van der Waals surface area contributed by atoms with Crippen molar-refractivity contribution in [3.63, 3.8) is 0 Å². The Balaban J connectivity index is 1.98. The van der Waals surface area contributed by atoms with Crippen LogP contribution in [0, 0.1) is 0 Å². The zero-order valence-electron chi connectivity index (χ0n) is 10.6. The molecule has 1 aliphatic heterocycles. The lowest BCUT2D eigenvalue weighted by molar-refractivity contribution is 0.265. The van der Waals surface area contributed by atoms with E-state index in [9.17, 15) is 0 Å². The average molecular weight is 218 g/mol. The van der Waals surface area contributed by atoms with Gasteiger partial charge in [-0.3, -0.25) is 0 Å². The number of rotatable bonds is 4. The van der Waals surface area contributed by atoms with E-state index >= 15 is 0 Å². The smallest absolute Gasteiger partial charge is 0.222 e. The molecule has 0 amide bonds. The van der Waals surface area contributed by atoms with Gasteiger partial charge in [0.1, 0.15) is 0 Å². The van der Waals surface area contributed by atoms with Crippen LogP contribution < -0.4 is 0 Å². The number of hydrogen-bond acceptors (Lipinski definition) is 1. The summed E-state index contributed by atoms with van der Waals surface area (Å²) in [4.78, 5) is 2.69. The second-order valence-corrected chi connectivity index (χ2v) is 4.89. The summed E-state index contributed by atoms with van der Waals surface area (Å²) >= 11 is 0. The van der Waals surface area contributed by atoms with E-state index < -0.39 is 0 Å². The summed E-state index contributed by atoms with van der Waals surface area (Å²) in [5, 5.41) is 0. The number of nitrogens with zero attached hydrogens (tertiary/aromatic N) is 2. The fourth-order valence-corrected chi connectivity index (χ4v) is 2.95. The second-order valence-electron chi connectivity index (χ2n) is 4.89. The summed E-state index contributed by atoms with van der Waals surface area (Å²) in [5.74, 6) is 0. The maximum absolute atomic E-state index is 2.69. The molecule has 0 N–H and O–H groups in total. The van der Waals surface area contributed by atoms with E-state index in [0.717, 1.165) is 6.85 Å². The van der Waals surface area contributed by atoms with Crippen LogP contribution in [0.4, 0.5) is 0 Å². The molecule has 1 aliphatic rings. The summed E-state index contributed by atoms with van der Waals surface area (Å²) in [7, 11) is 0. The van der Waals surface area contributed by atoms with Gasteiger partial charge >= 0.3 is 0 Å². The maximum atomic E-state index is 2.69. The van der Waals surface area contributed by atoms with Gasteiger partial charge in [-0.05, 0) is 31.5 Å². The Bertz CT molecular complexity index is 293. The van der Waals surface area contributed by atoms with Crippen molar-refractivity contribution in [1.82, 2.24) is 9.38 Å². The monoisotopic (exact) mass is 218 g/mol. The Morgan fingerprint density at radius 3 is 2.50 bits per heavy atom. The Morgan fingerprint density at radius 2 is 1.88 bits per heavy atom. The van der Waals surface area contributed by atoms with Crippen LogP contribution in [0.1, 0.15) is 32.7 Å². The molecule has 0 bridgehead atoms. The molecule has 3 heteroatoms. The van der Waals surface area contributed by atoms with Crippen LogP contribution in [0.3, 0.4) is 0 Å². The molecule has 2 nitrogen and oxygen atoms in total. The highest BCUT2D eigenvalue weighted by Gasteiger charge is 2.26. The first-order valence-electron chi connectivity index (χ1n) is 6.71. The van der Waals surface area contributed by atoms with Crippen LogP contribution in [0.2, 0.25) is 12.6 Å². The van der Waals surface area contributed by atoms with Crippen molar-refractivity contribution in [1.29, 1.82) is 0 Å². The SMILES string of the molecule is CCB(CC)N1CCCC(n2cccc2)C1. The third-order valence-corrected chi connectivity index (χ3v) is 3.94. The number of hydrogen-bond donors (Lipinski definition) is 0. The van der Waals surface area contributed by atoms with Gasteiger partial charge in [0.2, 0.25) is 6.85 Å². The fourth-order valence-electron chi connectivity index (χ4n) is 2.95. The van der Waals surface area contributed by atoms with Crippen LogP contribution in [0.5, 0.6) is 0 Å². The fraction of sp³-hybridized carbons (Fsp3) is 0.692. The molecule has 16 heavy (non-hydrogen) atoms. The van der Waals surface area contributed by atoms with Crippen molar-refractivity contribution < 1.29 is 0 Å². The highest BCUT2D eigenvalue weighted by atomic mass is 15.1. The van der Waals surface area contributed by atoms with Crippen LogP contribution in [-0.4, -0.2) is 29.3 Å². The normalized spacial score (nSPS) is 22.2. The molecule has 2 heterocycles. The zero-order valence-corrected chi connectivity index (χ0v) is 10.6. The van der Waals surface area contributed by atoms with Gasteiger partial charge in [0.25, 0.3) is 0 Å². The van der Waals surface area contributed by atoms with Gasteiger partial charge < -0.3 is 9.38 Å². The van der Waals surface area contributed by atoms with Crippen molar-refractivity contribution in [2.24, 2.45) is 0 Å². The second kappa shape index (κ2) is 5.58. The van der Waals surface area contributed by atoms with Gasteiger partial charge in [-0.15, -0.1) is 0 Å². The molecule has 0 saturated carbocycles. The molecule has 1 aromatic heterocycles. The summed E-state index contributed by atoms with van der Waals surface area (Å²) in [6.07, 6.45) is 9.68. The molecule has 2 rings (SSSR count). The van der Waals surface area contributed by atoms with Crippen molar-refractivity contribution >= 4 is 6.85 Å². The van der Waals surface area contributed by atoms with Gasteiger partial charge in [0.15, 0.2) is 0 Å². The van der Waals surface area contributed by atoms with Crippen LogP contribution in [-0.2, 0) is 0 Å². The predicted octanol–water partition coefficient (Wildman–Crippen LogP) is 3.16. The standard InChI is InChI=1S/C13H23BN2/c1-3-14(4-2)16-11-7-8-13(12-16)15-9-5-6-10-15/h5-6,9-10,13H,3-4,7-8,11-12H2,1-2H3. The summed E-state index contributed by atoms with van der Waals surface area (Å²) < 4.78 is 2.38. The topological polar surface area (TPSA) is 8.17 Å². The van der Waals surface area contributed by atoms with E-state index in [2.05, 4.69) is 47.8 Å². The van der Waals surface area contributed by atoms with E-state index in [1.54, 1.807) is 0 Å². The Kier molecular flexibility index (Phi) is 4.11. The Morgan fingerprint density at radius 1 is 1.19 bits per heavy atom. The van der Waals surface area contributed by atoms with Gasteiger partial charge in [0, 0.05) is 25.0 Å². The van der Waals surface area contributed by atoms with Gasteiger partial charge in [-0.25, -0.2) is 0 Å². The van der Waals surface area contributed by atoms with Crippen molar-refractivity contribution in [3.8, 4) is 0 Å². The van der Waals surface area contributed by atoms with Crippen LogP contribution in [0.15, 0.2) is 24.5 Å². The highest BCUT2D eigenvalue weighted by molar-refractivity contribution is 6.55. The lowest BCUT2D eigenvalue weighted by Crippen LogP contribution is -2.45. The molecule has 0 radical (unpaired) electrons. The van der Waals surface area contributed by atoms with E-state index in [1.165, 1.54) is 38.6 Å². The lowest BCUT2D eigenvalue weighted by atomic mass is 9.54. The minimum absolute atomic E-state index is 0.698. The van der Waals surface area contributed by atoms with Crippen LogP contribution in [0.25, 0.3) is 0 Å². The van der Waals surface area contributed by atoms with E-state index in [1.807, 2.05) is 0 Å². The number of piperidine rings is 1. The van der Waals surface area contributed by atoms with Crippen molar-refractivity contribution in [2.45, 2.75) is 45.4 Å². The Labute approximate surface area is 99.7 Å². The van der Waals surface area contributed by atoms with Gasteiger partial charge in [0.05, 0.1) is 0 Å². The molecule has 1 unspecified atom stereocenters. The van der Waals surface area contributed by atoms with Gasteiger partial charge in [-0.1, -0.05) is 26.5 Å². The molecule has 1 aromatic rings. The molecule has 88 valence electrons. The minimum Gasteiger partial charge on any atom is -0.350 e. The largest absolute Gasteiger partial charge is 0.350 e. The molecule has 0 spiro atoms. The molecule has 0 aliphatic carbocycles. The van der Waals surface area contributed by atoms with E-state index in [4.69, 9.17) is 0 Å². The first-order valence-corrected chi connectivity index (χ1v) is 6.71. The molecule has 1 fully saturated rings. The molecular weight excluding hydrogens is 195 g/mol. The zero-order chi connectivity index (χ0) is 11.4. The third kappa shape index (κ3) is 2.51. The molecule has 0 aromatic carbocycles. The van der Waals surface area contributed by atoms with Crippen molar-refractivity contribution in [3.05, 3.63) is 24.5 Å². The van der Waals surface area contributed by atoms with Gasteiger partial charge in [-0.2, -0.15) is 0 Å². The first-order chi connectivity index (χ1) is 7.85. The summed E-state index contributed by atoms with van der Waals surface area (Å²) in [6.45, 7) is 7.95. The highest BCUT2D eigenvalue weighted by Crippen LogP contribution is 2.23.